The zero-order valence-electron chi connectivity index (χ0n) is 16.6. The maximum atomic E-state index is 11.2. The number of rotatable bonds is 5. The quantitative estimate of drug-likeness (QED) is 0.706. The molecule has 4 aliphatic rings. The third-order valence-corrected chi connectivity index (χ3v) is 6.49. The number of carboxylic acid groups (broad SMARTS) is 1. The maximum absolute atomic E-state index is 11.2. The molecule has 3 N–H and O–H groups in total. The van der Waals surface area contributed by atoms with Crippen molar-refractivity contribution in [3.8, 4) is 5.75 Å². The molecule has 0 bridgehead atoms. The average molecular weight is 397 g/mol. The third-order valence-electron chi connectivity index (χ3n) is 6.49. The van der Waals surface area contributed by atoms with Gasteiger partial charge in [0.15, 0.2) is 0 Å². The van der Waals surface area contributed by atoms with Crippen molar-refractivity contribution in [2.45, 2.75) is 56.8 Å². The van der Waals surface area contributed by atoms with E-state index in [1.165, 1.54) is 0 Å². The first-order chi connectivity index (χ1) is 14.0. The van der Waals surface area contributed by atoms with Crippen LogP contribution < -0.4 is 15.6 Å². The number of hydrazine groups is 1. The lowest BCUT2D eigenvalue weighted by atomic mass is 9.94. The van der Waals surface area contributed by atoms with Gasteiger partial charge in [-0.25, -0.2) is 10.4 Å². The summed E-state index contributed by atoms with van der Waals surface area (Å²) in [6.07, 6.45) is 5.97. The summed E-state index contributed by atoms with van der Waals surface area (Å²) in [5, 5.41) is 9.22. The number of carboxylic acids is 1. The molecular weight excluding hydrogens is 370 g/mol. The summed E-state index contributed by atoms with van der Waals surface area (Å²) < 4.78 is 6.14. The minimum absolute atomic E-state index is 0.00855. The van der Waals surface area contributed by atoms with E-state index >= 15 is 0 Å². The highest BCUT2D eigenvalue weighted by atomic mass is 16.5. The van der Waals surface area contributed by atoms with E-state index in [0.717, 1.165) is 55.1 Å². The highest BCUT2D eigenvalue weighted by Crippen LogP contribution is 2.41. The molecule has 8 nitrogen and oxygen atoms in total. The fourth-order valence-electron chi connectivity index (χ4n) is 4.35. The van der Waals surface area contributed by atoms with E-state index in [1.54, 1.807) is 6.34 Å². The van der Waals surface area contributed by atoms with E-state index in [9.17, 15) is 9.90 Å². The normalized spacial score (nSPS) is 28.4. The van der Waals surface area contributed by atoms with E-state index < -0.39 is 5.97 Å². The Morgan fingerprint density at radius 2 is 2.10 bits per heavy atom. The van der Waals surface area contributed by atoms with Crippen molar-refractivity contribution >= 4 is 23.7 Å². The molecule has 0 amide bonds. The van der Waals surface area contributed by atoms with Gasteiger partial charge >= 0.3 is 5.97 Å². The fourth-order valence-corrected chi connectivity index (χ4v) is 4.35. The number of nitrogens with zero attached hydrogens (tertiary/aromatic N) is 3. The molecule has 0 radical (unpaired) electrons. The number of likely N-dealkylation sites (tertiary alicyclic amines) is 1. The van der Waals surface area contributed by atoms with Gasteiger partial charge in [0.05, 0.1) is 17.6 Å². The van der Waals surface area contributed by atoms with Crippen molar-refractivity contribution in [1.29, 1.82) is 0 Å². The maximum Gasteiger partial charge on any atom is 0.306 e. The Bertz CT molecular complexity index is 871. The minimum Gasteiger partial charge on any atom is -0.488 e. The van der Waals surface area contributed by atoms with Crippen LogP contribution in [0.3, 0.4) is 0 Å². The number of nitrogens with one attached hydrogen (secondary N) is 2. The van der Waals surface area contributed by atoms with E-state index in [4.69, 9.17) is 4.74 Å². The number of hydrogen-bond donors (Lipinski definition) is 3. The molecule has 1 aromatic rings. The van der Waals surface area contributed by atoms with E-state index in [1.807, 2.05) is 6.07 Å². The summed E-state index contributed by atoms with van der Waals surface area (Å²) in [5.41, 5.74) is 9.82. The summed E-state index contributed by atoms with van der Waals surface area (Å²) in [6, 6.07) is 6.15. The highest BCUT2D eigenvalue weighted by Gasteiger charge is 2.40. The summed E-state index contributed by atoms with van der Waals surface area (Å²) in [4.78, 5) is 22.6. The van der Waals surface area contributed by atoms with Crippen molar-refractivity contribution in [3.63, 3.8) is 0 Å². The van der Waals surface area contributed by atoms with Crippen molar-refractivity contribution < 1.29 is 14.6 Å². The first kappa shape index (κ1) is 18.6. The van der Waals surface area contributed by atoms with Gasteiger partial charge < -0.3 is 15.3 Å². The van der Waals surface area contributed by atoms with Crippen LogP contribution in [0.2, 0.25) is 0 Å². The average Bonchev–Trinajstić information content (AvgIpc) is 3.31. The number of aliphatic imine (C=N–C) groups is 2. The third kappa shape index (κ3) is 3.74. The van der Waals surface area contributed by atoms with Crippen LogP contribution in [0.4, 0.5) is 5.69 Å². The fraction of sp³-hybridized carbons (Fsp3) is 0.571. The molecule has 154 valence electrons. The highest BCUT2D eigenvalue weighted by molar-refractivity contribution is 5.99. The summed E-state index contributed by atoms with van der Waals surface area (Å²) >= 11 is 0. The van der Waals surface area contributed by atoms with Crippen LogP contribution >= 0.6 is 0 Å². The van der Waals surface area contributed by atoms with Crippen LogP contribution in [-0.4, -0.2) is 52.9 Å². The van der Waals surface area contributed by atoms with Crippen molar-refractivity contribution in [3.05, 3.63) is 23.8 Å². The van der Waals surface area contributed by atoms with Crippen molar-refractivity contribution in [2.24, 2.45) is 15.9 Å². The van der Waals surface area contributed by atoms with Gasteiger partial charge in [0.1, 0.15) is 23.9 Å². The Balaban J connectivity index is 1.28. The molecule has 1 saturated heterocycles. The molecule has 1 aliphatic carbocycles. The molecule has 0 spiro atoms. The van der Waals surface area contributed by atoms with Gasteiger partial charge in [0.2, 0.25) is 0 Å². The Morgan fingerprint density at radius 1 is 1.31 bits per heavy atom. The Kier molecular flexibility index (Phi) is 4.55. The van der Waals surface area contributed by atoms with Gasteiger partial charge in [-0.2, -0.15) is 0 Å². The first-order valence-electron chi connectivity index (χ1n) is 10.4. The number of anilines is 1. The Hall–Kier alpha value is -2.45. The monoisotopic (exact) mass is 397 g/mol. The van der Waals surface area contributed by atoms with Gasteiger partial charge in [-0.05, 0) is 50.8 Å². The summed E-state index contributed by atoms with van der Waals surface area (Å²) in [7, 11) is 0. The first-order valence-corrected chi connectivity index (χ1v) is 10.4. The molecule has 2 atom stereocenters. The van der Waals surface area contributed by atoms with E-state index in [-0.39, 0.29) is 23.7 Å². The second-order valence-corrected chi connectivity index (χ2v) is 8.72. The number of ether oxygens (including phenoxy) is 1. The molecule has 0 unspecified atom stereocenters. The summed E-state index contributed by atoms with van der Waals surface area (Å²) in [6.45, 7) is 3.67. The molecule has 1 aromatic carbocycles. The number of benzene rings is 1. The van der Waals surface area contributed by atoms with Gasteiger partial charge in [-0.3, -0.25) is 14.7 Å². The second kappa shape index (κ2) is 7.11. The molecule has 3 aliphatic heterocycles. The van der Waals surface area contributed by atoms with Gasteiger partial charge in [-0.15, -0.1) is 0 Å². The molecular formula is C21H27N5O3. The van der Waals surface area contributed by atoms with Crippen molar-refractivity contribution in [2.75, 3.05) is 18.5 Å². The predicted octanol–water partition coefficient (Wildman–Crippen LogP) is 2.58. The summed E-state index contributed by atoms with van der Waals surface area (Å²) in [5.74, 6) is -0.0159. The standard InChI is InChI=1S/C21H27N5O3/c1-21(6-7-21)29-14-2-3-16-15(10-14)19(25-24-16)17-11-18(23-12-22-17)26-8-4-13(5-9-26)20(27)28/h2-3,10,12-13,18-19,24-25H,4-9,11H2,1H3,(H,27,28)/t18-,19-/m1/s1. The van der Waals surface area contributed by atoms with Crippen LogP contribution in [-0.2, 0) is 4.79 Å². The number of fused-ring (bicyclic) bond motifs is 1. The van der Waals surface area contributed by atoms with Gasteiger partial charge in [0.25, 0.3) is 0 Å². The second-order valence-electron chi connectivity index (χ2n) is 8.72. The largest absolute Gasteiger partial charge is 0.488 e. The predicted molar refractivity (Wildman–Crippen MR) is 110 cm³/mol. The zero-order valence-corrected chi connectivity index (χ0v) is 16.6. The number of hydrogen-bond acceptors (Lipinski definition) is 7. The Morgan fingerprint density at radius 3 is 2.83 bits per heavy atom. The van der Waals surface area contributed by atoms with Crippen LogP contribution in [0.5, 0.6) is 5.75 Å². The number of piperidine rings is 1. The number of carbonyl (C=O) groups is 1. The van der Waals surface area contributed by atoms with Crippen LogP contribution in [0.25, 0.3) is 0 Å². The number of aliphatic carboxylic acids is 1. The van der Waals surface area contributed by atoms with Crippen LogP contribution in [0.15, 0.2) is 28.2 Å². The van der Waals surface area contributed by atoms with E-state index in [2.05, 4.69) is 44.8 Å². The van der Waals surface area contributed by atoms with Gasteiger partial charge in [0, 0.05) is 30.8 Å². The van der Waals surface area contributed by atoms with E-state index in [0.29, 0.717) is 12.8 Å². The minimum atomic E-state index is -0.685. The molecule has 8 heteroatoms. The molecule has 3 heterocycles. The van der Waals surface area contributed by atoms with Crippen LogP contribution in [0.1, 0.15) is 50.6 Å². The molecule has 5 rings (SSSR count). The molecule has 2 fully saturated rings. The lowest BCUT2D eigenvalue weighted by Gasteiger charge is -2.35. The topological polar surface area (TPSA) is 98.6 Å². The smallest absolute Gasteiger partial charge is 0.306 e. The molecule has 1 saturated carbocycles. The zero-order chi connectivity index (χ0) is 20.0. The lowest BCUT2D eigenvalue weighted by Crippen LogP contribution is -2.44. The SMILES string of the molecule is CC1(Oc2ccc3c(c2)[C@H](C2=NC=N[C@H](N4CCC(C(=O)O)CC4)C2)NN3)CC1. The van der Waals surface area contributed by atoms with Crippen molar-refractivity contribution in [1.82, 2.24) is 10.3 Å². The van der Waals surface area contributed by atoms with Crippen LogP contribution in [0, 0.1) is 5.92 Å². The Labute approximate surface area is 170 Å². The molecule has 29 heavy (non-hydrogen) atoms. The van der Waals surface area contributed by atoms with Gasteiger partial charge in [-0.1, -0.05) is 0 Å². The lowest BCUT2D eigenvalue weighted by molar-refractivity contribution is -0.143. The molecule has 0 aromatic heterocycles.